The number of amides is 1. The zero-order chi connectivity index (χ0) is 16.9. The topological polar surface area (TPSA) is 60.5 Å². The third kappa shape index (κ3) is 3.15. The molecule has 5 nitrogen and oxygen atoms in total. The number of nitrogens with zero attached hydrogens (tertiary/aromatic N) is 1. The first-order chi connectivity index (χ1) is 11.7. The quantitative estimate of drug-likeness (QED) is 0.774. The SMILES string of the molecule is CCOc1ccc(C(=O)Nc2cccc3cccnc23)cc1OC. The van der Waals surface area contributed by atoms with Gasteiger partial charge < -0.3 is 14.8 Å². The second-order valence-electron chi connectivity index (χ2n) is 5.13. The first-order valence-corrected chi connectivity index (χ1v) is 7.69. The van der Waals surface area contributed by atoms with Crippen molar-refractivity contribution in [2.75, 3.05) is 19.0 Å². The van der Waals surface area contributed by atoms with E-state index in [0.29, 0.717) is 29.4 Å². The summed E-state index contributed by atoms with van der Waals surface area (Å²) in [6, 6.07) is 14.6. The number of hydrogen-bond donors (Lipinski definition) is 1. The maximum absolute atomic E-state index is 12.6. The van der Waals surface area contributed by atoms with Crippen molar-refractivity contribution in [2.45, 2.75) is 6.92 Å². The van der Waals surface area contributed by atoms with Crippen molar-refractivity contribution in [3.63, 3.8) is 0 Å². The van der Waals surface area contributed by atoms with Gasteiger partial charge in [0.05, 0.1) is 24.9 Å². The van der Waals surface area contributed by atoms with Gasteiger partial charge in [-0.05, 0) is 37.3 Å². The van der Waals surface area contributed by atoms with Crippen LogP contribution in [0.4, 0.5) is 5.69 Å². The summed E-state index contributed by atoms with van der Waals surface area (Å²) in [5, 5.41) is 3.88. The van der Waals surface area contributed by atoms with E-state index >= 15 is 0 Å². The molecule has 5 heteroatoms. The zero-order valence-corrected chi connectivity index (χ0v) is 13.6. The number of rotatable bonds is 5. The summed E-state index contributed by atoms with van der Waals surface area (Å²) in [6.45, 7) is 2.43. The van der Waals surface area contributed by atoms with Crippen molar-refractivity contribution in [3.05, 3.63) is 60.3 Å². The Hall–Kier alpha value is -3.08. The minimum Gasteiger partial charge on any atom is -0.493 e. The summed E-state index contributed by atoms with van der Waals surface area (Å²) in [7, 11) is 1.55. The van der Waals surface area contributed by atoms with Gasteiger partial charge in [-0.1, -0.05) is 18.2 Å². The van der Waals surface area contributed by atoms with Crippen LogP contribution in [-0.2, 0) is 0 Å². The van der Waals surface area contributed by atoms with E-state index in [-0.39, 0.29) is 5.91 Å². The number of fused-ring (bicyclic) bond motifs is 1. The molecule has 122 valence electrons. The van der Waals surface area contributed by atoms with Gasteiger partial charge in [-0.15, -0.1) is 0 Å². The van der Waals surface area contributed by atoms with E-state index in [2.05, 4.69) is 10.3 Å². The van der Waals surface area contributed by atoms with Crippen LogP contribution in [0.15, 0.2) is 54.7 Å². The molecule has 2 aromatic carbocycles. The number of carbonyl (C=O) groups is 1. The fraction of sp³-hybridized carbons (Fsp3) is 0.158. The third-order valence-corrected chi connectivity index (χ3v) is 3.61. The summed E-state index contributed by atoms with van der Waals surface area (Å²) in [6.07, 6.45) is 1.71. The van der Waals surface area contributed by atoms with Gasteiger partial charge in [0.1, 0.15) is 0 Å². The summed E-state index contributed by atoms with van der Waals surface area (Å²) in [5.74, 6) is 0.915. The average Bonchev–Trinajstić information content (AvgIpc) is 2.62. The number of carbonyl (C=O) groups excluding carboxylic acids is 1. The summed E-state index contributed by atoms with van der Waals surface area (Å²) >= 11 is 0. The zero-order valence-electron chi connectivity index (χ0n) is 13.6. The minimum absolute atomic E-state index is 0.227. The Kier molecular flexibility index (Phi) is 4.61. The number of hydrogen-bond acceptors (Lipinski definition) is 4. The Bertz CT molecular complexity index is 872. The lowest BCUT2D eigenvalue weighted by Crippen LogP contribution is -2.12. The molecule has 0 bridgehead atoms. The van der Waals surface area contributed by atoms with Crippen LogP contribution in [0.3, 0.4) is 0 Å². The smallest absolute Gasteiger partial charge is 0.255 e. The van der Waals surface area contributed by atoms with Crippen LogP contribution in [0.1, 0.15) is 17.3 Å². The molecule has 0 saturated heterocycles. The maximum atomic E-state index is 12.6. The predicted molar refractivity (Wildman–Crippen MR) is 93.9 cm³/mol. The predicted octanol–water partition coefficient (Wildman–Crippen LogP) is 3.89. The van der Waals surface area contributed by atoms with Crippen LogP contribution in [0, 0.1) is 0 Å². The molecule has 0 aliphatic heterocycles. The second-order valence-corrected chi connectivity index (χ2v) is 5.13. The van der Waals surface area contributed by atoms with Crippen LogP contribution in [0.5, 0.6) is 11.5 Å². The molecule has 0 atom stereocenters. The molecule has 1 amide bonds. The van der Waals surface area contributed by atoms with Gasteiger partial charge in [0.2, 0.25) is 0 Å². The van der Waals surface area contributed by atoms with Crippen molar-refractivity contribution in [1.29, 1.82) is 0 Å². The number of anilines is 1. The Morgan fingerprint density at radius 1 is 1.12 bits per heavy atom. The van der Waals surface area contributed by atoms with E-state index in [1.165, 1.54) is 0 Å². The fourth-order valence-corrected chi connectivity index (χ4v) is 2.48. The lowest BCUT2D eigenvalue weighted by atomic mass is 10.1. The Labute approximate surface area is 140 Å². The molecule has 1 heterocycles. The van der Waals surface area contributed by atoms with Gasteiger partial charge in [-0.2, -0.15) is 0 Å². The third-order valence-electron chi connectivity index (χ3n) is 3.61. The molecule has 0 fully saturated rings. The number of aromatic nitrogens is 1. The number of benzene rings is 2. The Balaban J connectivity index is 1.89. The highest BCUT2D eigenvalue weighted by Crippen LogP contribution is 2.29. The molecule has 0 spiro atoms. The Morgan fingerprint density at radius 2 is 1.96 bits per heavy atom. The van der Waals surface area contributed by atoms with Crippen LogP contribution >= 0.6 is 0 Å². The summed E-state index contributed by atoms with van der Waals surface area (Å²) in [4.78, 5) is 16.9. The molecule has 24 heavy (non-hydrogen) atoms. The Morgan fingerprint density at radius 3 is 2.75 bits per heavy atom. The first kappa shape index (κ1) is 15.8. The molecule has 1 N–H and O–H groups in total. The molecule has 0 aliphatic carbocycles. The molecular weight excluding hydrogens is 304 g/mol. The summed E-state index contributed by atoms with van der Waals surface area (Å²) < 4.78 is 10.8. The van der Waals surface area contributed by atoms with Crippen LogP contribution in [0.25, 0.3) is 10.9 Å². The molecule has 0 radical (unpaired) electrons. The summed E-state index contributed by atoms with van der Waals surface area (Å²) in [5.41, 5.74) is 1.92. The lowest BCUT2D eigenvalue weighted by molar-refractivity contribution is 0.102. The molecule has 1 aromatic heterocycles. The van der Waals surface area contributed by atoms with Crippen LogP contribution < -0.4 is 14.8 Å². The van der Waals surface area contributed by atoms with Gasteiger partial charge >= 0.3 is 0 Å². The highest BCUT2D eigenvalue weighted by molar-refractivity contribution is 6.08. The maximum Gasteiger partial charge on any atom is 0.255 e. The van der Waals surface area contributed by atoms with Crippen molar-refractivity contribution >= 4 is 22.5 Å². The van der Waals surface area contributed by atoms with Crippen molar-refractivity contribution in [2.24, 2.45) is 0 Å². The first-order valence-electron chi connectivity index (χ1n) is 7.69. The van der Waals surface area contributed by atoms with Crippen molar-refractivity contribution in [1.82, 2.24) is 4.98 Å². The van der Waals surface area contributed by atoms with E-state index in [4.69, 9.17) is 9.47 Å². The van der Waals surface area contributed by atoms with Crippen molar-refractivity contribution < 1.29 is 14.3 Å². The van der Waals surface area contributed by atoms with Crippen LogP contribution in [0.2, 0.25) is 0 Å². The van der Waals surface area contributed by atoms with Gasteiger partial charge in [0, 0.05) is 17.1 Å². The number of pyridine rings is 1. The van der Waals surface area contributed by atoms with E-state index < -0.39 is 0 Å². The number of para-hydroxylation sites is 1. The number of nitrogens with one attached hydrogen (secondary N) is 1. The molecule has 0 saturated carbocycles. The minimum atomic E-state index is -0.227. The number of ether oxygens (including phenoxy) is 2. The van der Waals surface area contributed by atoms with Gasteiger partial charge in [-0.25, -0.2) is 0 Å². The van der Waals surface area contributed by atoms with E-state index in [9.17, 15) is 4.79 Å². The standard InChI is InChI=1S/C19H18N2O3/c1-3-24-16-10-9-14(12-17(16)23-2)19(22)21-15-8-4-6-13-7-5-11-20-18(13)15/h4-12H,3H2,1-2H3,(H,21,22). The molecule has 3 rings (SSSR count). The monoisotopic (exact) mass is 322 g/mol. The second kappa shape index (κ2) is 7.00. The van der Waals surface area contributed by atoms with E-state index in [1.807, 2.05) is 37.3 Å². The molecule has 0 aliphatic rings. The lowest BCUT2D eigenvalue weighted by Gasteiger charge is -2.12. The van der Waals surface area contributed by atoms with Gasteiger partial charge in [-0.3, -0.25) is 9.78 Å². The van der Waals surface area contributed by atoms with Gasteiger partial charge in [0.25, 0.3) is 5.91 Å². The normalized spacial score (nSPS) is 10.4. The van der Waals surface area contributed by atoms with Crippen molar-refractivity contribution in [3.8, 4) is 11.5 Å². The number of methoxy groups -OCH3 is 1. The van der Waals surface area contributed by atoms with Gasteiger partial charge in [0.15, 0.2) is 11.5 Å². The highest BCUT2D eigenvalue weighted by Gasteiger charge is 2.12. The molecule has 0 unspecified atom stereocenters. The molecule has 3 aromatic rings. The highest BCUT2D eigenvalue weighted by atomic mass is 16.5. The average molecular weight is 322 g/mol. The van der Waals surface area contributed by atoms with E-state index in [0.717, 1.165) is 10.9 Å². The fourth-order valence-electron chi connectivity index (χ4n) is 2.48. The van der Waals surface area contributed by atoms with Crippen LogP contribution in [-0.4, -0.2) is 24.6 Å². The molecular formula is C19H18N2O3. The largest absolute Gasteiger partial charge is 0.493 e. The van der Waals surface area contributed by atoms with E-state index in [1.54, 1.807) is 31.5 Å².